The standard InChI is InChI=1S/C24H22O5S/c1-18-12-14-21(15-13-18)30(27,28)17-16-22(25)29-24(20-10-6-3-7-11-20)23(26)19-8-4-2-5-9-19/h2-15,24H,16-17H2,1H3/t24-/m1/s1. The first-order chi connectivity index (χ1) is 14.4. The first-order valence-electron chi connectivity index (χ1n) is 9.50. The van der Waals surface area contributed by atoms with Crippen molar-refractivity contribution < 1.29 is 22.7 Å². The molecule has 0 bridgehead atoms. The van der Waals surface area contributed by atoms with Gasteiger partial charge in [0.1, 0.15) is 0 Å². The number of rotatable bonds is 8. The van der Waals surface area contributed by atoms with Crippen LogP contribution < -0.4 is 0 Å². The lowest BCUT2D eigenvalue weighted by atomic mass is 10.00. The van der Waals surface area contributed by atoms with Crippen LogP contribution in [0.3, 0.4) is 0 Å². The van der Waals surface area contributed by atoms with Crippen LogP contribution in [0.4, 0.5) is 0 Å². The highest BCUT2D eigenvalue weighted by molar-refractivity contribution is 7.91. The van der Waals surface area contributed by atoms with Gasteiger partial charge in [0.15, 0.2) is 15.9 Å². The Morgan fingerprint density at radius 2 is 1.40 bits per heavy atom. The molecule has 3 aromatic carbocycles. The maximum atomic E-state index is 12.9. The van der Waals surface area contributed by atoms with Crippen LogP contribution >= 0.6 is 0 Å². The van der Waals surface area contributed by atoms with E-state index in [0.29, 0.717) is 11.1 Å². The molecule has 0 saturated heterocycles. The third-order valence-electron chi connectivity index (χ3n) is 4.60. The molecule has 0 aromatic heterocycles. The molecule has 30 heavy (non-hydrogen) atoms. The van der Waals surface area contributed by atoms with Crippen molar-refractivity contribution in [2.75, 3.05) is 5.75 Å². The number of hydrogen-bond acceptors (Lipinski definition) is 5. The van der Waals surface area contributed by atoms with Crippen LogP contribution in [0.5, 0.6) is 0 Å². The third kappa shape index (κ3) is 5.42. The maximum absolute atomic E-state index is 12.9. The minimum absolute atomic E-state index is 0.154. The molecule has 6 heteroatoms. The second-order valence-corrected chi connectivity index (χ2v) is 9.00. The molecule has 0 radical (unpaired) electrons. The largest absolute Gasteiger partial charge is 0.449 e. The normalized spacial score (nSPS) is 12.2. The molecular formula is C24H22O5S. The highest BCUT2D eigenvalue weighted by atomic mass is 32.2. The maximum Gasteiger partial charge on any atom is 0.307 e. The number of benzene rings is 3. The quantitative estimate of drug-likeness (QED) is 0.399. The lowest BCUT2D eigenvalue weighted by Gasteiger charge is -2.17. The zero-order valence-corrected chi connectivity index (χ0v) is 17.3. The van der Waals surface area contributed by atoms with Gasteiger partial charge in [-0.3, -0.25) is 9.59 Å². The summed E-state index contributed by atoms with van der Waals surface area (Å²) in [5.74, 6) is -1.50. The molecule has 0 amide bonds. The van der Waals surface area contributed by atoms with Crippen LogP contribution in [0, 0.1) is 6.92 Å². The fourth-order valence-electron chi connectivity index (χ4n) is 2.93. The van der Waals surface area contributed by atoms with Crippen LogP contribution in [0.1, 0.15) is 34.0 Å². The van der Waals surface area contributed by atoms with E-state index in [4.69, 9.17) is 4.74 Å². The second-order valence-electron chi connectivity index (χ2n) is 6.89. The summed E-state index contributed by atoms with van der Waals surface area (Å²) in [6.07, 6.45) is -1.48. The molecule has 0 unspecified atom stereocenters. The predicted molar refractivity (Wildman–Crippen MR) is 114 cm³/mol. The first-order valence-corrected chi connectivity index (χ1v) is 11.2. The van der Waals surface area contributed by atoms with Crippen molar-refractivity contribution in [2.45, 2.75) is 24.3 Å². The van der Waals surface area contributed by atoms with Crippen LogP contribution in [0.15, 0.2) is 89.8 Å². The summed E-state index contributed by atoms with van der Waals surface area (Å²) in [6.45, 7) is 1.86. The van der Waals surface area contributed by atoms with Crippen molar-refractivity contribution in [2.24, 2.45) is 0 Å². The lowest BCUT2D eigenvalue weighted by Crippen LogP contribution is -2.22. The molecule has 3 rings (SSSR count). The molecule has 0 spiro atoms. The van der Waals surface area contributed by atoms with Crippen LogP contribution in [-0.4, -0.2) is 25.9 Å². The molecule has 5 nitrogen and oxygen atoms in total. The van der Waals surface area contributed by atoms with Gasteiger partial charge in [0.2, 0.25) is 5.78 Å². The van der Waals surface area contributed by atoms with Gasteiger partial charge in [-0.2, -0.15) is 0 Å². The van der Waals surface area contributed by atoms with Crippen molar-refractivity contribution in [1.29, 1.82) is 0 Å². The van der Waals surface area contributed by atoms with E-state index >= 15 is 0 Å². The van der Waals surface area contributed by atoms with E-state index in [1.807, 2.05) is 6.92 Å². The van der Waals surface area contributed by atoms with Crippen molar-refractivity contribution in [3.05, 3.63) is 102 Å². The first kappa shape index (κ1) is 21.5. The fourth-order valence-corrected chi connectivity index (χ4v) is 4.15. The molecular weight excluding hydrogens is 400 g/mol. The number of carbonyl (C=O) groups is 2. The number of esters is 1. The van der Waals surface area contributed by atoms with Crippen LogP contribution in [0.25, 0.3) is 0 Å². The summed E-state index contributed by atoms with van der Waals surface area (Å²) in [6, 6.07) is 23.7. The van der Waals surface area contributed by atoms with Crippen LogP contribution in [0.2, 0.25) is 0 Å². The minimum Gasteiger partial charge on any atom is -0.449 e. The van der Waals surface area contributed by atoms with E-state index in [0.717, 1.165) is 5.56 Å². The number of sulfone groups is 1. The topological polar surface area (TPSA) is 77.5 Å². The van der Waals surface area contributed by atoms with Gasteiger partial charge < -0.3 is 4.74 Å². The van der Waals surface area contributed by atoms with Gasteiger partial charge in [-0.25, -0.2) is 8.42 Å². The molecule has 0 N–H and O–H groups in total. The fraction of sp³-hybridized carbons (Fsp3) is 0.167. The van der Waals surface area contributed by atoms with E-state index in [1.54, 1.807) is 72.8 Å². The predicted octanol–water partition coefficient (Wildman–Crippen LogP) is 4.33. The molecule has 0 aliphatic rings. The smallest absolute Gasteiger partial charge is 0.307 e. The summed E-state index contributed by atoms with van der Waals surface area (Å²) < 4.78 is 30.4. The second kappa shape index (κ2) is 9.50. The van der Waals surface area contributed by atoms with E-state index in [-0.39, 0.29) is 17.1 Å². The van der Waals surface area contributed by atoms with E-state index in [1.165, 1.54) is 12.1 Å². The Morgan fingerprint density at radius 1 is 0.833 bits per heavy atom. The third-order valence-corrected chi connectivity index (χ3v) is 6.34. The number of ketones is 1. The Bertz CT molecular complexity index is 1110. The molecule has 1 atom stereocenters. The van der Waals surface area contributed by atoms with Gasteiger partial charge in [0.25, 0.3) is 0 Å². The summed E-state index contributed by atoms with van der Waals surface area (Å²) in [5.41, 5.74) is 1.88. The van der Waals surface area contributed by atoms with Gasteiger partial charge >= 0.3 is 5.97 Å². The minimum atomic E-state index is -3.63. The summed E-state index contributed by atoms with van der Waals surface area (Å²) in [4.78, 5) is 25.5. The summed E-state index contributed by atoms with van der Waals surface area (Å²) >= 11 is 0. The van der Waals surface area contributed by atoms with Crippen molar-refractivity contribution in [3.8, 4) is 0 Å². The van der Waals surface area contributed by atoms with Gasteiger partial charge in [0, 0.05) is 11.1 Å². The van der Waals surface area contributed by atoms with E-state index in [2.05, 4.69) is 0 Å². The Hall–Kier alpha value is -3.25. The molecule has 0 aliphatic heterocycles. The number of hydrogen-bond donors (Lipinski definition) is 0. The Morgan fingerprint density at radius 3 is 2.00 bits per heavy atom. The van der Waals surface area contributed by atoms with Gasteiger partial charge in [-0.15, -0.1) is 0 Å². The molecule has 0 fully saturated rings. The lowest BCUT2D eigenvalue weighted by molar-refractivity contribution is -0.146. The summed E-state index contributed by atoms with van der Waals surface area (Å²) in [5, 5.41) is 0. The SMILES string of the molecule is Cc1ccc(S(=O)(=O)CCC(=O)O[C@@H](C(=O)c2ccccc2)c2ccccc2)cc1. The highest BCUT2D eigenvalue weighted by Crippen LogP contribution is 2.23. The molecule has 0 aliphatic carbocycles. The van der Waals surface area contributed by atoms with Crippen molar-refractivity contribution >= 4 is 21.6 Å². The average molecular weight is 423 g/mol. The van der Waals surface area contributed by atoms with Crippen LogP contribution in [-0.2, 0) is 19.4 Å². The summed E-state index contributed by atoms with van der Waals surface area (Å²) in [7, 11) is -3.63. The number of carbonyl (C=O) groups excluding carboxylic acids is 2. The van der Waals surface area contributed by atoms with Gasteiger partial charge in [0.05, 0.1) is 17.1 Å². The number of ether oxygens (including phenoxy) is 1. The zero-order valence-electron chi connectivity index (χ0n) is 16.5. The number of Topliss-reactive ketones (excluding diaryl/α,β-unsaturated/α-hetero) is 1. The van der Waals surface area contributed by atoms with Crippen molar-refractivity contribution in [3.63, 3.8) is 0 Å². The van der Waals surface area contributed by atoms with Gasteiger partial charge in [-0.05, 0) is 19.1 Å². The monoisotopic (exact) mass is 422 g/mol. The Balaban J connectivity index is 1.73. The van der Waals surface area contributed by atoms with Gasteiger partial charge in [-0.1, -0.05) is 78.4 Å². The Kier molecular flexibility index (Phi) is 6.79. The average Bonchev–Trinajstić information content (AvgIpc) is 2.77. The highest BCUT2D eigenvalue weighted by Gasteiger charge is 2.27. The van der Waals surface area contributed by atoms with E-state index in [9.17, 15) is 18.0 Å². The number of aryl methyl sites for hydroxylation is 1. The van der Waals surface area contributed by atoms with Crippen molar-refractivity contribution in [1.82, 2.24) is 0 Å². The van der Waals surface area contributed by atoms with E-state index < -0.39 is 27.7 Å². The molecule has 3 aromatic rings. The molecule has 0 heterocycles. The Labute approximate surface area is 176 Å². The molecule has 0 saturated carbocycles. The zero-order chi connectivity index (χ0) is 21.6. The molecule has 154 valence electrons.